The maximum atomic E-state index is 14.1. The Kier molecular flexibility index (Phi) is 8.25. The van der Waals surface area contributed by atoms with Crippen LogP contribution in [0.1, 0.15) is 61.0 Å². The molecule has 4 aliphatic rings. The van der Waals surface area contributed by atoms with E-state index in [9.17, 15) is 8.78 Å². The predicted molar refractivity (Wildman–Crippen MR) is 151 cm³/mol. The van der Waals surface area contributed by atoms with Gasteiger partial charge in [0, 0.05) is 61.5 Å². The molecule has 208 valence electrons. The fourth-order valence-corrected chi connectivity index (χ4v) is 7.78. The van der Waals surface area contributed by atoms with Gasteiger partial charge in [-0.2, -0.15) is 0 Å². The van der Waals surface area contributed by atoms with E-state index in [0.717, 1.165) is 63.0 Å². The Morgan fingerprint density at radius 1 is 0.632 bits per heavy atom. The monoisotopic (exact) mass is 524 g/mol. The van der Waals surface area contributed by atoms with Gasteiger partial charge in [-0.05, 0) is 89.0 Å². The van der Waals surface area contributed by atoms with Gasteiger partial charge in [-0.3, -0.25) is 9.80 Å². The topological polar surface area (TPSA) is 13.0 Å². The lowest BCUT2D eigenvalue weighted by molar-refractivity contribution is 0.213. The summed E-state index contributed by atoms with van der Waals surface area (Å²) in [6, 6.07) is 12.8. The van der Waals surface area contributed by atoms with E-state index in [4.69, 9.17) is 0 Å². The first-order chi connectivity index (χ1) is 18.2. The van der Waals surface area contributed by atoms with Gasteiger partial charge in [-0.25, -0.2) is 8.78 Å². The Hall–Kier alpha value is -1.86. The molecule has 6 atom stereocenters. The van der Waals surface area contributed by atoms with Gasteiger partial charge in [0.15, 0.2) is 0 Å². The van der Waals surface area contributed by atoms with Gasteiger partial charge in [0.25, 0.3) is 0 Å². The number of hydrogen-bond acceptors (Lipinski definition) is 4. The molecule has 2 aliphatic carbocycles. The zero-order valence-corrected chi connectivity index (χ0v) is 24.1. The smallest absolute Gasteiger partial charge is 0.128 e. The lowest BCUT2D eigenvalue weighted by Gasteiger charge is -2.26. The molecule has 0 radical (unpaired) electrons. The first-order valence-electron chi connectivity index (χ1n) is 14.5. The highest BCUT2D eigenvalue weighted by Gasteiger charge is 2.40. The van der Waals surface area contributed by atoms with Crippen molar-refractivity contribution in [3.8, 4) is 0 Å². The van der Waals surface area contributed by atoms with Crippen LogP contribution in [0.5, 0.6) is 0 Å². The number of halogens is 2. The van der Waals surface area contributed by atoms with Gasteiger partial charge in [0.05, 0.1) is 0 Å². The van der Waals surface area contributed by atoms with E-state index >= 15 is 0 Å². The van der Waals surface area contributed by atoms with Crippen molar-refractivity contribution in [1.82, 2.24) is 19.6 Å². The molecular weight excluding hydrogens is 478 g/mol. The number of aryl methyl sites for hydroxylation is 2. The van der Waals surface area contributed by atoms with Crippen molar-refractivity contribution in [2.24, 2.45) is 11.8 Å². The molecule has 6 heteroatoms. The molecule has 0 bridgehead atoms. The fraction of sp³-hybridized carbons (Fsp3) is 0.625. The molecule has 0 unspecified atom stereocenters. The van der Waals surface area contributed by atoms with Gasteiger partial charge < -0.3 is 9.80 Å². The highest BCUT2D eigenvalue weighted by molar-refractivity contribution is 5.37. The maximum absolute atomic E-state index is 14.1. The van der Waals surface area contributed by atoms with E-state index in [1.807, 2.05) is 12.1 Å². The van der Waals surface area contributed by atoms with Crippen LogP contribution in [0.3, 0.4) is 0 Å². The van der Waals surface area contributed by atoms with Gasteiger partial charge in [0.1, 0.15) is 11.6 Å². The van der Waals surface area contributed by atoms with Crippen molar-refractivity contribution in [2.75, 3.05) is 54.4 Å². The highest BCUT2D eigenvalue weighted by Crippen LogP contribution is 2.41. The van der Waals surface area contributed by atoms with Crippen molar-refractivity contribution < 1.29 is 8.78 Å². The summed E-state index contributed by atoms with van der Waals surface area (Å²) in [6.45, 7) is 8.91. The number of likely N-dealkylation sites (tertiary alicyclic amines) is 2. The summed E-state index contributed by atoms with van der Waals surface area (Å²) < 4.78 is 28.2. The van der Waals surface area contributed by atoms with Crippen LogP contribution in [-0.4, -0.2) is 86.1 Å². The van der Waals surface area contributed by atoms with Gasteiger partial charge >= 0.3 is 0 Å². The predicted octanol–water partition coefficient (Wildman–Crippen LogP) is 5.39. The summed E-state index contributed by atoms with van der Waals surface area (Å²) in [6.07, 6.45) is 4.19. The van der Waals surface area contributed by atoms with Gasteiger partial charge in [0.2, 0.25) is 0 Å². The van der Waals surface area contributed by atoms with Gasteiger partial charge in [-0.15, -0.1) is 0 Å². The average molecular weight is 525 g/mol. The molecule has 6 rings (SSSR count). The Morgan fingerprint density at radius 3 is 1.37 bits per heavy atom. The number of benzene rings is 2. The summed E-state index contributed by atoms with van der Waals surface area (Å²) >= 11 is 0. The molecule has 2 aromatic rings. The molecule has 2 aliphatic heterocycles. The van der Waals surface area contributed by atoms with Crippen molar-refractivity contribution >= 4 is 0 Å². The standard InChI is InChI=1S/2C16H23FN2/c2*1-11-9-19(10-15(11)18(2)3)14-8-7-12-5-4-6-13(17)16(12)14/h2*4-6,11,14-15H,7-10H2,1-3H3/t11-,14+,15-;11-,14-,15-/m00/s1. The summed E-state index contributed by atoms with van der Waals surface area (Å²) in [5, 5.41) is 0. The van der Waals surface area contributed by atoms with E-state index in [2.05, 4.69) is 73.8 Å². The van der Waals surface area contributed by atoms with Crippen LogP contribution in [0.15, 0.2) is 36.4 Å². The molecule has 38 heavy (non-hydrogen) atoms. The highest BCUT2D eigenvalue weighted by atomic mass is 19.1. The lowest BCUT2D eigenvalue weighted by atomic mass is 10.1. The Balaban J connectivity index is 0.000000155. The minimum Gasteiger partial charge on any atom is -0.305 e. The molecule has 2 fully saturated rings. The van der Waals surface area contributed by atoms with Gasteiger partial charge in [-0.1, -0.05) is 38.1 Å². The molecule has 0 saturated carbocycles. The maximum Gasteiger partial charge on any atom is 0.128 e. The molecule has 2 saturated heterocycles. The van der Waals surface area contributed by atoms with Crippen LogP contribution in [0.4, 0.5) is 8.78 Å². The number of fused-ring (bicyclic) bond motifs is 2. The number of nitrogens with zero attached hydrogens (tertiary/aromatic N) is 4. The number of rotatable bonds is 4. The molecule has 4 nitrogen and oxygen atoms in total. The summed E-state index contributed by atoms with van der Waals surface area (Å²) in [5.41, 5.74) is 4.36. The second-order valence-corrected chi connectivity index (χ2v) is 12.7. The second kappa shape index (κ2) is 11.3. The first kappa shape index (κ1) is 27.7. The largest absolute Gasteiger partial charge is 0.305 e. The fourth-order valence-electron chi connectivity index (χ4n) is 7.78. The second-order valence-electron chi connectivity index (χ2n) is 12.7. The normalized spacial score (nSPS) is 31.1. The minimum atomic E-state index is -0.0130. The van der Waals surface area contributed by atoms with E-state index in [1.54, 1.807) is 12.1 Å². The number of hydrogen-bond donors (Lipinski definition) is 0. The van der Waals surface area contributed by atoms with Crippen LogP contribution in [0.25, 0.3) is 0 Å². The van der Waals surface area contributed by atoms with E-state index in [0.29, 0.717) is 36.0 Å². The SMILES string of the molecule is C[C@H]1CN([C@@H]2CCc3cccc(F)c32)C[C@@H]1N(C)C.C[C@H]1CN([C@H]2CCc3cccc(F)c32)C[C@@H]1N(C)C. The van der Waals surface area contributed by atoms with E-state index in [-0.39, 0.29) is 11.6 Å². The third kappa shape index (κ3) is 5.30. The molecule has 0 N–H and O–H groups in total. The summed E-state index contributed by atoms with van der Waals surface area (Å²) in [4.78, 5) is 9.60. The zero-order chi connectivity index (χ0) is 27.1. The summed E-state index contributed by atoms with van der Waals surface area (Å²) in [7, 11) is 8.59. The lowest BCUT2D eigenvalue weighted by Crippen LogP contribution is -2.35. The van der Waals surface area contributed by atoms with E-state index in [1.165, 1.54) is 11.1 Å². The van der Waals surface area contributed by atoms with E-state index < -0.39 is 0 Å². The summed E-state index contributed by atoms with van der Waals surface area (Å²) in [5.74, 6) is 1.29. The zero-order valence-electron chi connectivity index (χ0n) is 24.1. The molecular formula is C32H46F2N4. The number of likely N-dealkylation sites (N-methyl/N-ethyl adjacent to an activating group) is 2. The average Bonchev–Trinajstić information content (AvgIpc) is 3.64. The van der Waals surface area contributed by atoms with Crippen LogP contribution < -0.4 is 0 Å². The third-order valence-corrected chi connectivity index (χ3v) is 9.74. The van der Waals surface area contributed by atoms with Crippen molar-refractivity contribution in [3.63, 3.8) is 0 Å². The Bertz CT molecular complexity index is 1030. The van der Waals surface area contributed by atoms with Crippen molar-refractivity contribution in [2.45, 2.75) is 63.7 Å². The minimum absolute atomic E-state index is 0.0130. The third-order valence-electron chi connectivity index (χ3n) is 9.74. The van der Waals surface area contributed by atoms with Crippen LogP contribution in [-0.2, 0) is 12.8 Å². The van der Waals surface area contributed by atoms with Crippen LogP contribution >= 0.6 is 0 Å². The van der Waals surface area contributed by atoms with Crippen molar-refractivity contribution in [3.05, 3.63) is 70.3 Å². The van der Waals surface area contributed by atoms with Crippen LogP contribution in [0, 0.1) is 23.5 Å². The Morgan fingerprint density at radius 2 is 1.03 bits per heavy atom. The molecule has 0 amide bonds. The van der Waals surface area contributed by atoms with Crippen molar-refractivity contribution in [1.29, 1.82) is 0 Å². The molecule has 2 aromatic carbocycles. The molecule has 0 spiro atoms. The quantitative estimate of drug-likeness (QED) is 0.532. The molecule has 2 heterocycles. The van der Waals surface area contributed by atoms with Crippen LogP contribution in [0.2, 0.25) is 0 Å². The Labute approximate surface area is 228 Å². The first-order valence-corrected chi connectivity index (χ1v) is 14.5. The molecule has 0 aromatic heterocycles.